The molecule has 170 valence electrons. The lowest BCUT2D eigenvalue weighted by Gasteiger charge is -2.19. The Kier molecular flexibility index (Phi) is 5.75. The molecule has 4 aromatic rings. The van der Waals surface area contributed by atoms with Crippen LogP contribution in [0.25, 0.3) is 17.1 Å². The van der Waals surface area contributed by atoms with E-state index in [4.69, 9.17) is 0 Å². The summed E-state index contributed by atoms with van der Waals surface area (Å²) in [5.41, 5.74) is 1.38. The van der Waals surface area contributed by atoms with Gasteiger partial charge in [0.1, 0.15) is 16.4 Å². The zero-order valence-electron chi connectivity index (χ0n) is 17.8. The molecule has 0 radical (unpaired) electrons. The number of nitrogens with one attached hydrogen (secondary N) is 1. The molecule has 10 nitrogen and oxygen atoms in total. The van der Waals surface area contributed by atoms with E-state index in [9.17, 15) is 23.4 Å². The van der Waals surface area contributed by atoms with Gasteiger partial charge in [-0.05, 0) is 42.3 Å². The van der Waals surface area contributed by atoms with Gasteiger partial charge < -0.3 is 10.2 Å². The molecule has 0 spiro atoms. The van der Waals surface area contributed by atoms with E-state index in [2.05, 4.69) is 15.2 Å². The molecule has 2 heterocycles. The summed E-state index contributed by atoms with van der Waals surface area (Å²) < 4.78 is 28.8. The number of aromatic amines is 1. The summed E-state index contributed by atoms with van der Waals surface area (Å²) in [6, 6.07) is 12.4. The van der Waals surface area contributed by atoms with Crippen LogP contribution in [0, 0.1) is 6.92 Å². The summed E-state index contributed by atoms with van der Waals surface area (Å²) in [7, 11) is -2.79. The summed E-state index contributed by atoms with van der Waals surface area (Å²) in [5.74, 6) is -1.06. The van der Waals surface area contributed by atoms with Gasteiger partial charge in [0.2, 0.25) is 10.0 Å². The average Bonchev–Trinajstić information content (AvgIpc) is 3.15. The monoisotopic (exact) mass is 467 g/mol. The number of hydrogen-bond donors (Lipinski definition) is 3. The molecule has 0 aliphatic carbocycles. The maximum Gasteiger partial charge on any atom is 0.348 e. The summed E-state index contributed by atoms with van der Waals surface area (Å²) in [6.07, 6.45) is 3.10. The Balaban J connectivity index is 1.83. The molecular weight excluding hydrogens is 446 g/mol. The number of pyridine rings is 1. The van der Waals surface area contributed by atoms with Crippen molar-refractivity contribution in [3.05, 3.63) is 82.5 Å². The van der Waals surface area contributed by atoms with Crippen molar-refractivity contribution in [2.45, 2.75) is 18.4 Å². The number of aryl methyl sites for hydroxylation is 1. The quantitative estimate of drug-likeness (QED) is 0.394. The van der Waals surface area contributed by atoms with Gasteiger partial charge in [-0.1, -0.05) is 18.2 Å². The third-order valence-corrected chi connectivity index (χ3v) is 7.02. The second-order valence-corrected chi connectivity index (χ2v) is 9.44. The number of nitrogens with zero attached hydrogens (tertiary/aromatic N) is 4. The summed E-state index contributed by atoms with van der Waals surface area (Å²) in [6.45, 7) is 1.84. The highest BCUT2D eigenvalue weighted by atomic mass is 32.2. The van der Waals surface area contributed by atoms with Crippen LogP contribution in [0.2, 0.25) is 0 Å². The van der Waals surface area contributed by atoms with Crippen LogP contribution in [-0.4, -0.2) is 49.7 Å². The topological polar surface area (TPSA) is 141 Å². The molecule has 33 heavy (non-hydrogen) atoms. The van der Waals surface area contributed by atoms with E-state index in [1.54, 1.807) is 49.6 Å². The highest BCUT2D eigenvalue weighted by Gasteiger charge is 2.28. The number of rotatable bonds is 6. The Morgan fingerprint density at radius 3 is 2.45 bits per heavy atom. The zero-order chi connectivity index (χ0) is 23.8. The van der Waals surface area contributed by atoms with Gasteiger partial charge in [0, 0.05) is 32.1 Å². The molecule has 11 heteroatoms. The first-order chi connectivity index (χ1) is 15.7. The summed E-state index contributed by atoms with van der Waals surface area (Å²) in [5, 5.41) is 27.2. The maximum absolute atomic E-state index is 13.2. The first kappa shape index (κ1) is 22.2. The second kappa shape index (κ2) is 8.52. The Morgan fingerprint density at radius 1 is 1.06 bits per heavy atom. The molecule has 4 rings (SSSR count). The van der Waals surface area contributed by atoms with Gasteiger partial charge >= 0.3 is 5.69 Å². The number of aromatic nitrogens is 4. The highest BCUT2D eigenvalue weighted by molar-refractivity contribution is 7.89. The Labute approximate surface area is 189 Å². The lowest BCUT2D eigenvalue weighted by atomic mass is 10.1. The van der Waals surface area contributed by atoms with E-state index in [0.29, 0.717) is 11.3 Å². The Hall–Kier alpha value is -3.96. The standard InChI is InChI=1S/C22H21N5O5S/c1-14-5-3-4-6-17(14)27-21(24-25-22(27)30)16-11-20(19(29)12-18(16)28)33(31,32)26(2)13-15-7-9-23-10-8-15/h3-12,28-29H,13H2,1-2H3,(H,25,30). The molecular formula is C22H21N5O5S. The molecule has 0 amide bonds. The Bertz CT molecular complexity index is 1480. The molecule has 2 aromatic carbocycles. The van der Waals surface area contributed by atoms with E-state index in [1.165, 1.54) is 11.6 Å². The maximum atomic E-state index is 13.2. The van der Waals surface area contributed by atoms with E-state index >= 15 is 0 Å². The third kappa shape index (κ3) is 4.11. The number of phenols is 2. The van der Waals surface area contributed by atoms with Crippen LogP contribution in [0.1, 0.15) is 11.1 Å². The third-order valence-electron chi connectivity index (χ3n) is 5.19. The van der Waals surface area contributed by atoms with Crippen molar-refractivity contribution < 1.29 is 18.6 Å². The van der Waals surface area contributed by atoms with Gasteiger partial charge in [-0.15, -0.1) is 0 Å². The van der Waals surface area contributed by atoms with Crippen LogP contribution in [0.3, 0.4) is 0 Å². The lowest BCUT2D eigenvalue weighted by molar-refractivity contribution is 0.430. The predicted molar refractivity (Wildman–Crippen MR) is 121 cm³/mol. The second-order valence-electron chi connectivity index (χ2n) is 7.43. The van der Waals surface area contributed by atoms with Gasteiger partial charge in [0.15, 0.2) is 5.82 Å². The van der Waals surface area contributed by atoms with Crippen molar-refractivity contribution in [1.82, 2.24) is 24.1 Å². The molecule has 0 unspecified atom stereocenters. The van der Waals surface area contributed by atoms with Crippen LogP contribution in [0.15, 0.2) is 70.6 Å². The van der Waals surface area contributed by atoms with Crippen molar-refractivity contribution >= 4 is 10.0 Å². The number of aromatic hydroxyl groups is 2. The first-order valence-electron chi connectivity index (χ1n) is 9.85. The van der Waals surface area contributed by atoms with Crippen molar-refractivity contribution in [3.63, 3.8) is 0 Å². The molecule has 0 bridgehead atoms. The minimum atomic E-state index is -4.17. The van der Waals surface area contributed by atoms with E-state index < -0.39 is 32.1 Å². The van der Waals surface area contributed by atoms with Crippen molar-refractivity contribution in [2.75, 3.05) is 7.05 Å². The number of sulfonamides is 1. The highest BCUT2D eigenvalue weighted by Crippen LogP contribution is 2.37. The van der Waals surface area contributed by atoms with Gasteiger partial charge in [-0.2, -0.15) is 9.40 Å². The predicted octanol–water partition coefficient (Wildman–Crippen LogP) is 2.16. The number of hydrogen-bond acceptors (Lipinski definition) is 7. The molecule has 0 fully saturated rings. The zero-order valence-corrected chi connectivity index (χ0v) is 18.6. The van der Waals surface area contributed by atoms with Crippen LogP contribution in [-0.2, 0) is 16.6 Å². The largest absolute Gasteiger partial charge is 0.507 e. The van der Waals surface area contributed by atoms with Gasteiger partial charge in [0.05, 0.1) is 11.3 Å². The fraction of sp³-hybridized carbons (Fsp3) is 0.136. The van der Waals surface area contributed by atoms with Gasteiger partial charge in [-0.25, -0.2) is 22.9 Å². The van der Waals surface area contributed by atoms with Crippen molar-refractivity contribution in [1.29, 1.82) is 0 Å². The SMILES string of the molecule is Cc1ccccc1-n1c(-c2cc(S(=O)(=O)N(C)Cc3ccncc3)c(O)cc2O)n[nH]c1=O. The fourth-order valence-corrected chi connectivity index (χ4v) is 4.70. The number of para-hydroxylation sites is 1. The lowest BCUT2D eigenvalue weighted by Crippen LogP contribution is -2.26. The van der Waals surface area contributed by atoms with E-state index in [-0.39, 0.29) is 17.9 Å². The molecule has 3 N–H and O–H groups in total. The van der Waals surface area contributed by atoms with Crippen LogP contribution in [0.4, 0.5) is 0 Å². The smallest absolute Gasteiger partial charge is 0.348 e. The van der Waals surface area contributed by atoms with E-state index in [1.807, 2.05) is 6.07 Å². The molecule has 0 saturated heterocycles. The Morgan fingerprint density at radius 2 is 1.76 bits per heavy atom. The fourth-order valence-electron chi connectivity index (χ4n) is 3.46. The number of benzene rings is 2. The molecule has 0 atom stereocenters. The van der Waals surface area contributed by atoms with E-state index in [0.717, 1.165) is 22.0 Å². The van der Waals surface area contributed by atoms with Crippen molar-refractivity contribution in [2.24, 2.45) is 0 Å². The van der Waals surface area contributed by atoms with Crippen LogP contribution < -0.4 is 5.69 Å². The normalized spacial score (nSPS) is 11.7. The molecule has 0 aliphatic heterocycles. The van der Waals surface area contributed by atoms with Gasteiger partial charge in [0.25, 0.3) is 0 Å². The summed E-state index contributed by atoms with van der Waals surface area (Å²) in [4.78, 5) is 16.0. The molecule has 0 aliphatic rings. The summed E-state index contributed by atoms with van der Waals surface area (Å²) >= 11 is 0. The van der Waals surface area contributed by atoms with Crippen LogP contribution >= 0.6 is 0 Å². The molecule has 2 aromatic heterocycles. The number of H-pyrrole nitrogens is 1. The average molecular weight is 468 g/mol. The molecule has 0 saturated carbocycles. The van der Waals surface area contributed by atoms with Gasteiger partial charge in [-0.3, -0.25) is 4.98 Å². The minimum absolute atomic E-state index is 0.0000341. The number of phenolic OH excluding ortho intramolecular Hbond substituents is 2. The first-order valence-corrected chi connectivity index (χ1v) is 11.3. The van der Waals surface area contributed by atoms with Crippen molar-refractivity contribution in [3.8, 4) is 28.6 Å². The van der Waals surface area contributed by atoms with Crippen LogP contribution in [0.5, 0.6) is 11.5 Å². The minimum Gasteiger partial charge on any atom is -0.507 e.